The summed E-state index contributed by atoms with van der Waals surface area (Å²) in [6.07, 6.45) is 0. The third kappa shape index (κ3) is 2.12. The number of rotatable bonds is 2. The molecule has 0 saturated carbocycles. The van der Waals surface area contributed by atoms with Gasteiger partial charge in [-0.25, -0.2) is 0 Å². The van der Waals surface area contributed by atoms with E-state index < -0.39 is 0 Å². The van der Waals surface area contributed by atoms with Crippen molar-refractivity contribution >= 4 is 11.0 Å². The van der Waals surface area contributed by atoms with Crippen molar-refractivity contribution in [3.05, 3.63) is 58.8 Å². The number of phenols is 1. The number of fused-ring (bicyclic) bond motifs is 1. The Balaban J connectivity index is 2.22. The quantitative estimate of drug-likeness (QED) is 0.775. The van der Waals surface area contributed by atoms with Gasteiger partial charge in [0.15, 0.2) is 5.43 Å². The molecule has 4 heteroatoms. The van der Waals surface area contributed by atoms with E-state index in [2.05, 4.69) is 0 Å². The summed E-state index contributed by atoms with van der Waals surface area (Å²) in [5, 5.41) is 9.77. The van der Waals surface area contributed by atoms with E-state index >= 15 is 0 Å². The minimum absolute atomic E-state index is 0.0407. The van der Waals surface area contributed by atoms with Crippen LogP contribution in [0.25, 0.3) is 22.3 Å². The maximum absolute atomic E-state index is 12.1. The van der Waals surface area contributed by atoms with Gasteiger partial charge < -0.3 is 14.3 Å². The molecule has 0 radical (unpaired) electrons. The van der Waals surface area contributed by atoms with Crippen LogP contribution in [0.15, 0.2) is 57.7 Å². The highest BCUT2D eigenvalue weighted by atomic mass is 16.5. The first-order chi connectivity index (χ1) is 9.67. The molecular formula is C16H12O4. The van der Waals surface area contributed by atoms with Gasteiger partial charge in [-0.2, -0.15) is 0 Å². The summed E-state index contributed by atoms with van der Waals surface area (Å²) in [6.45, 7) is 0. The van der Waals surface area contributed by atoms with Gasteiger partial charge in [0, 0.05) is 11.6 Å². The maximum Gasteiger partial charge on any atom is 0.193 e. The number of phenolic OH excluding ortho intramolecular Hbond substituents is 1. The average Bonchev–Trinajstić information content (AvgIpc) is 2.48. The van der Waals surface area contributed by atoms with Crippen LogP contribution in [0.3, 0.4) is 0 Å². The van der Waals surface area contributed by atoms with E-state index in [4.69, 9.17) is 9.15 Å². The molecule has 0 amide bonds. The lowest BCUT2D eigenvalue weighted by molar-refractivity contribution is 0.415. The summed E-state index contributed by atoms with van der Waals surface area (Å²) in [4.78, 5) is 12.1. The van der Waals surface area contributed by atoms with Crippen LogP contribution in [0, 0.1) is 0 Å². The lowest BCUT2D eigenvalue weighted by atomic mass is 10.1. The number of hydrogen-bond donors (Lipinski definition) is 1. The molecule has 20 heavy (non-hydrogen) atoms. The number of aromatic hydroxyl groups is 1. The SMILES string of the molecule is COc1cccc(-c2cc(=O)c3cc(O)ccc3o2)c1. The van der Waals surface area contributed by atoms with E-state index in [1.165, 1.54) is 18.2 Å². The lowest BCUT2D eigenvalue weighted by Gasteiger charge is -2.05. The molecule has 4 nitrogen and oxygen atoms in total. The van der Waals surface area contributed by atoms with Gasteiger partial charge in [-0.1, -0.05) is 12.1 Å². The number of benzene rings is 2. The van der Waals surface area contributed by atoms with Crippen molar-refractivity contribution < 1.29 is 14.3 Å². The Morgan fingerprint density at radius 2 is 1.95 bits per heavy atom. The van der Waals surface area contributed by atoms with Crippen LogP contribution in [0.4, 0.5) is 0 Å². The molecule has 1 N–H and O–H groups in total. The zero-order valence-electron chi connectivity index (χ0n) is 10.8. The topological polar surface area (TPSA) is 59.7 Å². The molecule has 0 atom stereocenters. The van der Waals surface area contributed by atoms with Crippen molar-refractivity contribution in [3.8, 4) is 22.8 Å². The van der Waals surface area contributed by atoms with Gasteiger partial charge in [-0.05, 0) is 30.3 Å². The third-order valence-electron chi connectivity index (χ3n) is 3.06. The molecule has 0 bridgehead atoms. The van der Waals surface area contributed by atoms with Crippen molar-refractivity contribution in [3.63, 3.8) is 0 Å². The second-order valence-corrected chi connectivity index (χ2v) is 4.39. The Kier molecular flexibility index (Phi) is 2.91. The van der Waals surface area contributed by atoms with Gasteiger partial charge in [-0.15, -0.1) is 0 Å². The van der Waals surface area contributed by atoms with Crippen LogP contribution in [0.1, 0.15) is 0 Å². The largest absolute Gasteiger partial charge is 0.508 e. The molecule has 0 saturated heterocycles. The van der Waals surface area contributed by atoms with E-state index in [-0.39, 0.29) is 11.2 Å². The van der Waals surface area contributed by atoms with Crippen LogP contribution >= 0.6 is 0 Å². The van der Waals surface area contributed by atoms with Crippen LogP contribution in [0.2, 0.25) is 0 Å². The molecule has 100 valence electrons. The fourth-order valence-electron chi connectivity index (χ4n) is 2.06. The van der Waals surface area contributed by atoms with Crippen molar-refractivity contribution in [2.45, 2.75) is 0 Å². The first-order valence-corrected chi connectivity index (χ1v) is 6.09. The highest BCUT2D eigenvalue weighted by Crippen LogP contribution is 2.26. The minimum atomic E-state index is -0.194. The molecule has 0 fully saturated rings. The van der Waals surface area contributed by atoms with Crippen LogP contribution in [0.5, 0.6) is 11.5 Å². The van der Waals surface area contributed by atoms with E-state index in [1.54, 1.807) is 19.2 Å². The lowest BCUT2D eigenvalue weighted by Crippen LogP contribution is -2.00. The predicted octanol–water partition coefficient (Wildman–Crippen LogP) is 3.17. The Labute approximate surface area is 114 Å². The molecule has 1 heterocycles. The van der Waals surface area contributed by atoms with Crippen molar-refractivity contribution in [1.29, 1.82) is 0 Å². The van der Waals surface area contributed by atoms with Gasteiger partial charge in [0.25, 0.3) is 0 Å². The fourth-order valence-corrected chi connectivity index (χ4v) is 2.06. The highest BCUT2D eigenvalue weighted by molar-refractivity contribution is 5.80. The van der Waals surface area contributed by atoms with Gasteiger partial charge in [0.2, 0.25) is 0 Å². The molecule has 0 aliphatic heterocycles. The maximum atomic E-state index is 12.1. The average molecular weight is 268 g/mol. The first kappa shape index (κ1) is 12.3. The summed E-state index contributed by atoms with van der Waals surface area (Å²) in [5.41, 5.74) is 1.00. The fraction of sp³-hybridized carbons (Fsp3) is 0.0625. The molecule has 0 spiro atoms. The number of methoxy groups -OCH3 is 1. The van der Waals surface area contributed by atoms with E-state index in [0.717, 1.165) is 5.56 Å². The monoisotopic (exact) mass is 268 g/mol. The Bertz CT molecular complexity index is 833. The Hall–Kier alpha value is -2.75. The highest BCUT2D eigenvalue weighted by Gasteiger charge is 2.08. The van der Waals surface area contributed by atoms with Gasteiger partial charge in [0.05, 0.1) is 12.5 Å². The standard InChI is InChI=1S/C16H12O4/c1-19-12-4-2-3-10(7-12)16-9-14(18)13-8-11(17)5-6-15(13)20-16/h2-9,17H,1H3. The molecule has 3 rings (SSSR count). The summed E-state index contributed by atoms with van der Waals surface area (Å²) >= 11 is 0. The predicted molar refractivity (Wildman–Crippen MR) is 76.1 cm³/mol. The molecule has 0 aliphatic rings. The van der Waals surface area contributed by atoms with Gasteiger partial charge >= 0.3 is 0 Å². The van der Waals surface area contributed by atoms with Crippen molar-refractivity contribution in [1.82, 2.24) is 0 Å². The normalized spacial score (nSPS) is 10.7. The van der Waals surface area contributed by atoms with E-state index in [1.807, 2.05) is 18.2 Å². The summed E-state index contributed by atoms with van der Waals surface area (Å²) in [7, 11) is 1.58. The molecule has 1 aromatic heterocycles. The van der Waals surface area contributed by atoms with Crippen LogP contribution in [-0.4, -0.2) is 12.2 Å². The first-order valence-electron chi connectivity index (χ1n) is 6.09. The second kappa shape index (κ2) is 4.74. The minimum Gasteiger partial charge on any atom is -0.508 e. The smallest absolute Gasteiger partial charge is 0.193 e. The zero-order chi connectivity index (χ0) is 14.1. The van der Waals surface area contributed by atoms with Crippen LogP contribution < -0.4 is 10.2 Å². The van der Waals surface area contributed by atoms with E-state index in [9.17, 15) is 9.90 Å². The Morgan fingerprint density at radius 1 is 1.10 bits per heavy atom. The molecule has 3 aromatic rings. The second-order valence-electron chi connectivity index (χ2n) is 4.39. The zero-order valence-corrected chi connectivity index (χ0v) is 10.8. The molecule has 0 unspecified atom stereocenters. The van der Waals surface area contributed by atoms with Crippen molar-refractivity contribution in [2.24, 2.45) is 0 Å². The summed E-state index contributed by atoms with van der Waals surface area (Å²) < 4.78 is 10.9. The van der Waals surface area contributed by atoms with Crippen molar-refractivity contribution in [2.75, 3.05) is 7.11 Å². The van der Waals surface area contributed by atoms with E-state index in [0.29, 0.717) is 22.5 Å². The van der Waals surface area contributed by atoms with Crippen LogP contribution in [-0.2, 0) is 0 Å². The summed E-state index contributed by atoms with van der Waals surface area (Å²) in [6, 6.07) is 13.2. The van der Waals surface area contributed by atoms with Gasteiger partial charge in [-0.3, -0.25) is 4.79 Å². The molecular weight excluding hydrogens is 256 g/mol. The third-order valence-corrected chi connectivity index (χ3v) is 3.06. The summed E-state index contributed by atoms with van der Waals surface area (Å²) in [5.74, 6) is 1.20. The number of hydrogen-bond acceptors (Lipinski definition) is 4. The Morgan fingerprint density at radius 3 is 2.75 bits per heavy atom. The van der Waals surface area contributed by atoms with Gasteiger partial charge in [0.1, 0.15) is 22.8 Å². The molecule has 0 aliphatic carbocycles. The number of ether oxygens (including phenoxy) is 1. The molecule has 2 aromatic carbocycles.